The van der Waals surface area contributed by atoms with Crippen LogP contribution >= 0.6 is 23.2 Å². The molecule has 17 heavy (non-hydrogen) atoms. The van der Waals surface area contributed by atoms with Crippen LogP contribution in [0, 0.1) is 0 Å². The number of ketones is 1. The maximum absolute atomic E-state index is 11.1. The van der Waals surface area contributed by atoms with E-state index in [4.69, 9.17) is 23.2 Å². The van der Waals surface area contributed by atoms with Crippen molar-refractivity contribution in [3.63, 3.8) is 0 Å². The molecule has 0 aliphatic rings. The minimum atomic E-state index is -0.214. The van der Waals surface area contributed by atoms with Crippen LogP contribution in [0.2, 0.25) is 10.2 Å². The molecule has 90 valence electrons. The van der Waals surface area contributed by atoms with E-state index in [2.05, 4.69) is 9.97 Å². The van der Waals surface area contributed by atoms with Crippen LogP contribution in [0.5, 0.6) is 0 Å². The molecular formula is C12H12Cl2N2O. The van der Waals surface area contributed by atoms with Crippen molar-refractivity contribution in [1.29, 1.82) is 0 Å². The molecule has 1 heterocycles. The lowest BCUT2D eigenvalue weighted by Crippen LogP contribution is -2.01. The minimum absolute atomic E-state index is 0.120. The van der Waals surface area contributed by atoms with Gasteiger partial charge in [0.15, 0.2) is 11.6 Å². The summed E-state index contributed by atoms with van der Waals surface area (Å²) in [6.45, 7) is 5.40. The van der Waals surface area contributed by atoms with Gasteiger partial charge in [0.2, 0.25) is 0 Å². The van der Waals surface area contributed by atoms with Gasteiger partial charge in [0.05, 0.1) is 5.52 Å². The molecule has 2 rings (SSSR count). The Hall–Kier alpha value is -1.19. The quantitative estimate of drug-likeness (QED) is 0.577. The highest BCUT2D eigenvalue weighted by molar-refractivity contribution is 6.35. The van der Waals surface area contributed by atoms with E-state index in [-0.39, 0.29) is 16.8 Å². The number of hydrogen-bond donors (Lipinski definition) is 0. The third kappa shape index (κ3) is 3.14. The van der Waals surface area contributed by atoms with E-state index in [0.29, 0.717) is 15.9 Å². The van der Waals surface area contributed by atoms with E-state index in [9.17, 15) is 4.79 Å². The smallest absolute Gasteiger partial charge is 0.197 e. The Balaban J connectivity index is 0.000000686. The molecule has 0 aliphatic heterocycles. The van der Waals surface area contributed by atoms with Gasteiger partial charge in [-0.05, 0) is 18.2 Å². The largest absolute Gasteiger partial charge is 0.291 e. The number of rotatable bonds is 1. The second kappa shape index (κ2) is 5.94. The van der Waals surface area contributed by atoms with Crippen LogP contribution in [0.4, 0.5) is 0 Å². The van der Waals surface area contributed by atoms with E-state index >= 15 is 0 Å². The lowest BCUT2D eigenvalue weighted by Gasteiger charge is -2.01. The zero-order valence-electron chi connectivity index (χ0n) is 9.79. The summed E-state index contributed by atoms with van der Waals surface area (Å²) in [5.41, 5.74) is 0.615. The number of fused-ring (bicyclic) bond motifs is 1. The van der Waals surface area contributed by atoms with E-state index in [1.807, 2.05) is 13.8 Å². The first-order valence-corrected chi connectivity index (χ1v) is 5.97. The van der Waals surface area contributed by atoms with Crippen molar-refractivity contribution in [2.75, 3.05) is 0 Å². The number of nitrogens with zero attached hydrogens (tertiary/aromatic N) is 2. The average molecular weight is 271 g/mol. The van der Waals surface area contributed by atoms with Gasteiger partial charge in [0, 0.05) is 17.3 Å². The summed E-state index contributed by atoms with van der Waals surface area (Å²) < 4.78 is 0. The standard InChI is InChI=1S/C10H6Cl2N2O.C2H6/c1-5(15)10-13-8-3-2-6(11)4-7(8)9(12)14-10;1-2/h2-4H,1H3;1-2H3. The second-order valence-corrected chi connectivity index (χ2v) is 3.85. The zero-order chi connectivity index (χ0) is 13.0. The highest BCUT2D eigenvalue weighted by Crippen LogP contribution is 2.23. The first-order valence-electron chi connectivity index (χ1n) is 5.21. The molecule has 0 unspecified atom stereocenters. The third-order valence-corrected chi connectivity index (χ3v) is 2.45. The number of carbonyl (C=O) groups excluding carboxylic acids is 1. The Morgan fingerprint density at radius 1 is 1.18 bits per heavy atom. The summed E-state index contributed by atoms with van der Waals surface area (Å²) in [6.07, 6.45) is 0. The summed E-state index contributed by atoms with van der Waals surface area (Å²) in [4.78, 5) is 19.1. The molecule has 0 fully saturated rings. The fourth-order valence-electron chi connectivity index (χ4n) is 1.22. The van der Waals surface area contributed by atoms with Crippen molar-refractivity contribution in [3.05, 3.63) is 34.2 Å². The van der Waals surface area contributed by atoms with Crippen molar-refractivity contribution in [2.24, 2.45) is 0 Å². The van der Waals surface area contributed by atoms with Gasteiger partial charge in [-0.2, -0.15) is 0 Å². The molecule has 0 aliphatic carbocycles. The second-order valence-electron chi connectivity index (χ2n) is 3.06. The zero-order valence-corrected chi connectivity index (χ0v) is 11.3. The number of carbonyl (C=O) groups is 1. The van der Waals surface area contributed by atoms with Crippen molar-refractivity contribution in [1.82, 2.24) is 9.97 Å². The topological polar surface area (TPSA) is 42.9 Å². The van der Waals surface area contributed by atoms with Crippen molar-refractivity contribution in [2.45, 2.75) is 20.8 Å². The summed E-state index contributed by atoms with van der Waals surface area (Å²) in [6, 6.07) is 5.07. The van der Waals surface area contributed by atoms with E-state index in [1.165, 1.54) is 6.92 Å². The summed E-state index contributed by atoms with van der Waals surface area (Å²) in [7, 11) is 0. The number of halogens is 2. The molecule has 0 radical (unpaired) electrons. The van der Waals surface area contributed by atoms with Crippen molar-refractivity contribution >= 4 is 39.9 Å². The van der Waals surface area contributed by atoms with Crippen molar-refractivity contribution < 1.29 is 4.79 Å². The fourth-order valence-corrected chi connectivity index (χ4v) is 1.62. The van der Waals surface area contributed by atoms with Crippen LogP contribution in [-0.4, -0.2) is 15.8 Å². The summed E-state index contributed by atoms with van der Waals surface area (Å²) in [5.74, 6) is -0.0939. The number of Topliss-reactive ketones (excluding diaryl/α,β-unsaturated/α-hetero) is 1. The molecule has 0 saturated heterocycles. The first-order chi connectivity index (χ1) is 8.08. The molecule has 0 amide bonds. The molecule has 0 N–H and O–H groups in total. The van der Waals surface area contributed by atoms with Crippen molar-refractivity contribution in [3.8, 4) is 0 Å². The van der Waals surface area contributed by atoms with Crippen LogP contribution in [0.15, 0.2) is 18.2 Å². The fraction of sp³-hybridized carbons (Fsp3) is 0.250. The van der Waals surface area contributed by atoms with Gasteiger partial charge in [0.1, 0.15) is 5.15 Å². The first kappa shape index (κ1) is 13.9. The predicted molar refractivity (Wildman–Crippen MR) is 70.9 cm³/mol. The van der Waals surface area contributed by atoms with Gasteiger partial charge in [0.25, 0.3) is 0 Å². The molecule has 1 aromatic carbocycles. The van der Waals surface area contributed by atoms with E-state index in [0.717, 1.165) is 0 Å². The van der Waals surface area contributed by atoms with Crippen LogP contribution in [0.25, 0.3) is 10.9 Å². The molecule has 0 atom stereocenters. The van der Waals surface area contributed by atoms with Crippen LogP contribution in [0.3, 0.4) is 0 Å². The van der Waals surface area contributed by atoms with Gasteiger partial charge in [-0.1, -0.05) is 37.0 Å². The molecule has 0 bridgehead atoms. The summed E-state index contributed by atoms with van der Waals surface area (Å²) >= 11 is 11.7. The Bertz CT molecular complexity index is 555. The highest BCUT2D eigenvalue weighted by atomic mass is 35.5. The average Bonchev–Trinajstić information content (AvgIpc) is 2.32. The van der Waals surface area contributed by atoms with Gasteiger partial charge in [-0.25, -0.2) is 9.97 Å². The van der Waals surface area contributed by atoms with Gasteiger partial charge >= 0.3 is 0 Å². The van der Waals surface area contributed by atoms with Crippen LogP contribution in [-0.2, 0) is 0 Å². The SMILES string of the molecule is CC.CC(=O)c1nc(Cl)c2cc(Cl)ccc2n1. The number of benzene rings is 1. The monoisotopic (exact) mass is 270 g/mol. The normalized spacial score (nSPS) is 9.71. The van der Waals surface area contributed by atoms with Gasteiger partial charge < -0.3 is 0 Å². The Labute approximate surface area is 110 Å². The van der Waals surface area contributed by atoms with Crippen LogP contribution in [0.1, 0.15) is 31.4 Å². The number of hydrogen-bond acceptors (Lipinski definition) is 3. The lowest BCUT2D eigenvalue weighted by molar-refractivity contribution is 0.100. The van der Waals surface area contributed by atoms with E-state index in [1.54, 1.807) is 18.2 Å². The maximum Gasteiger partial charge on any atom is 0.197 e. The van der Waals surface area contributed by atoms with Crippen LogP contribution < -0.4 is 0 Å². The lowest BCUT2D eigenvalue weighted by atomic mass is 10.2. The third-order valence-electron chi connectivity index (χ3n) is 1.93. The highest BCUT2D eigenvalue weighted by Gasteiger charge is 2.09. The summed E-state index contributed by atoms with van der Waals surface area (Å²) in [5, 5.41) is 1.45. The minimum Gasteiger partial charge on any atom is -0.291 e. The number of aromatic nitrogens is 2. The van der Waals surface area contributed by atoms with Gasteiger partial charge in [-0.15, -0.1) is 0 Å². The molecule has 1 aromatic heterocycles. The molecule has 0 spiro atoms. The molecular weight excluding hydrogens is 259 g/mol. The molecule has 2 aromatic rings. The Morgan fingerprint density at radius 2 is 1.82 bits per heavy atom. The maximum atomic E-state index is 11.1. The van der Waals surface area contributed by atoms with E-state index < -0.39 is 0 Å². The Morgan fingerprint density at radius 3 is 2.41 bits per heavy atom. The van der Waals surface area contributed by atoms with Gasteiger partial charge in [-0.3, -0.25) is 4.79 Å². The molecule has 3 nitrogen and oxygen atoms in total. The molecule has 5 heteroatoms. The predicted octanol–water partition coefficient (Wildman–Crippen LogP) is 4.17. The molecule has 0 saturated carbocycles. The Kier molecular flexibility index (Phi) is 4.85.